The zero-order valence-corrected chi connectivity index (χ0v) is 12.6. The molecule has 3 aromatic rings. The van der Waals surface area contributed by atoms with Crippen LogP contribution in [-0.4, -0.2) is 16.0 Å². The number of H-pyrrole nitrogens is 1. The molecule has 0 aliphatic carbocycles. The van der Waals surface area contributed by atoms with Crippen LogP contribution in [0.25, 0.3) is 17.0 Å². The standard InChI is InChI=1S/C18H17N3O/c1-11-9-14(19)5-6-15(11)18(22)8-4-13-3-7-17-16(10-13)12(2)20-21-17/h3-10H,19H2,1-2H3,(H,20,21). The van der Waals surface area contributed by atoms with Crippen LogP contribution in [0.15, 0.2) is 42.5 Å². The molecule has 0 spiro atoms. The minimum absolute atomic E-state index is 0.0264. The number of nitrogens with one attached hydrogen (secondary N) is 1. The number of nitrogens with zero attached hydrogens (tertiary/aromatic N) is 1. The summed E-state index contributed by atoms with van der Waals surface area (Å²) in [5.41, 5.74) is 10.9. The number of hydrogen-bond acceptors (Lipinski definition) is 3. The third kappa shape index (κ3) is 2.63. The Hall–Kier alpha value is -2.88. The van der Waals surface area contributed by atoms with Gasteiger partial charge in [0.25, 0.3) is 0 Å². The number of nitrogens with two attached hydrogens (primary N) is 1. The molecule has 1 heterocycles. The number of aryl methyl sites for hydroxylation is 2. The van der Waals surface area contributed by atoms with Gasteiger partial charge in [-0.2, -0.15) is 5.10 Å². The van der Waals surface area contributed by atoms with Gasteiger partial charge in [0, 0.05) is 16.6 Å². The van der Waals surface area contributed by atoms with Crippen molar-refractivity contribution in [3.05, 3.63) is 64.9 Å². The quantitative estimate of drug-likeness (QED) is 0.439. The van der Waals surface area contributed by atoms with E-state index < -0.39 is 0 Å². The van der Waals surface area contributed by atoms with E-state index in [9.17, 15) is 4.79 Å². The Balaban J connectivity index is 1.88. The highest BCUT2D eigenvalue weighted by Gasteiger charge is 2.06. The second-order valence-corrected chi connectivity index (χ2v) is 5.39. The number of allylic oxidation sites excluding steroid dienone is 1. The molecule has 0 atom stereocenters. The van der Waals surface area contributed by atoms with Gasteiger partial charge in [0.1, 0.15) is 0 Å². The lowest BCUT2D eigenvalue weighted by molar-refractivity contribution is 0.104. The van der Waals surface area contributed by atoms with Crippen LogP contribution >= 0.6 is 0 Å². The summed E-state index contributed by atoms with van der Waals surface area (Å²) in [6, 6.07) is 11.3. The van der Waals surface area contributed by atoms with Gasteiger partial charge in [0.15, 0.2) is 5.78 Å². The smallest absolute Gasteiger partial charge is 0.186 e. The topological polar surface area (TPSA) is 71.8 Å². The molecule has 0 amide bonds. The number of aromatic amines is 1. The minimum Gasteiger partial charge on any atom is -0.399 e. The fourth-order valence-corrected chi connectivity index (χ4v) is 2.49. The Bertz CT molecular complexity index is 890. The van der Waals surface area contributed by atoms with Gasteiger partial charge in [0.2, 0.25) is 0 Å². The molecule has 0 aliphatic heterocycles. The van der Waals surface area contributed by atoms with E-state index in [2.05, 4.69) is 10.2 Å². The van der Waals surface area contributed by atoms with E-state index in [1.54, 1.807) is 18.2 Å². The zero-order valence-electron chi connectivity index (χ0n) is 12.6. The van der Waals surface area contributed by atoms with Gasteiger partial charge in [-0.25, -0.2) is 0 Å². The van der Waals surface area contributed by atoms with Crippen LogP contribution in [0.5, 0.6) is 0 Å². The van der Waals surface area contributed by atoms with E-state index in [0.29, 0.717) is 11.3 Å². The summed E-state index contributed by atoms with van der Waals surface area (Å²) in [4.78, 5) is 12.3. The minimum atomic E-state index is -0.0264. The molecule has 0 fully saturated rings. The molecular formula is C18H17N3O. The molecule has 22 heavy (non-hydrogen) atoms. The number of carbonyl (C=O) groups is 1. The first-order valence-corrected chi connectivity index (χ1v) is 7.08. The summed E-state index contributed by atoms with van der Waals surface area (Å²) >= 11 is 0. The van der Waals surface area contributed by atoms with Crippen molar-refractivity contribution in [3.63, 3.8) is 0 Å². The number of benzene rings is 2. The van der Waals surface area contributed by atoms with E-state index in [1.807, 2.05) is 44.2 Å². The highest BCUT2D eigenvalue weighted by molar-refractivity contribution is 6.08. The molecular weight excluding hydrogens is 274 g/mol. The third-order valence-electron chi connectivity index (χ3n) is 3.72. The molecule has 0 radical (unpaired) electrons. The molecule has 0 saturated heterocycles. The summed E-state index contributed by atoms with van der Waals surface area (Å²) in [6.45, 7) is 3.84. The van der Waals surface area contributed by atoms with Gasteiger partial charge in [-0.3, -0.25) is 9.89 Å². The Morgan fingerprint density at radius 1 is 1.18 bits per heavy atom. The summed E-state index contributed by atoms with van der Waals surface area (Å²) in [6.07, 6.45) is 3.42. The lowest BCUT2D eigenvalue weighted by Gasteiger charge is -2.03. The summed E-state index contributed by atoms with van der Waals surface area (Å²) in [5, 5.41) is 8.21. The van der Waals surface area contributed by atoms with Crippen molar-refractivity contribution in [1.29, 1.82) is 0 Å². The fraction of sp³-hybridized carbons (Fsp3) is 0.111. The first-order valence-electron chi connectivity index (χ1n) is 7.08. The van der Waals surface area contributed by atoms with Gasteiger partial charge >= 0.3 is 0 Å². The van der Waals surface area contributed by atoms with Crippen molar-refractivity contribution >= 4 is 28.4 Å². The SMILES string of the molecule is Cc1cc(N)ccc1C(=O)C=Cc1ccc2[nH]nc(C)c2c1. The van der Waals surface area contributed by atoms with Crippen LogP contribution < -0.4 is 5.73 Å². The normalized spacial score (nSPS) is 11.4. The van der Waals surface area contributed by atoms with Gasteiger partial charge in [-0.05, 0) is 61.4 Å². The Labute approximate surface area is 128 Å². The second kappa shape index (κ2) is 5.48. The Kier molecular flexibility index (Phi) is 3.51. The van der Waals surface area contributed by atoms with Gasteiger partial charge < -0.3 is 5.73 Å². The van der Waals surface area contributed by atoms with Crippen LogP contribution in [0.2, 0.25) is 0 Å². The molecule has 1 aromatic heterocycles. The first kappa shape index (κ1) is 14.1. The summed E-state index contributed by atoms with van der Waals surface area (Å²) in [7, 11) is 0. The highest BCUT2D eigenvalue weighted by atomic mass is 16.1. The molecule has 110 valence electrons. The zero-order chi connectivity index (χ0) is 15.7. The van der Waals surface area contributed by atoms with Crippen LogP contribution in [0.1, 0.15) is 27.2 Å². The predicted molar refractivity (Wildman–Crippen MR) is 89.8 cm³/mol. The average Bonchev–Trinajstić information content (AvgIpc) is 2.86. The first-order chi connectivity index (χ1) is 10.5. The monoisotopic (exact) mass is 291 g/mol. The fourth-order valence-electron chi connectivity index (χ4n) is 2.49. The van der Waals surface area contributed by atoms with Crippen molar-refractivity contribution in [3.8, 4) is 0 Å². The number of ketones is 1. The molecule has 4 heteroatoms. The number of fused-ring (bicyclic) bond motifs is 1. The molecule has 0 saturated carbocycles. The van der Waals surface area contributed by atoms with Crippen LogP contribution in [0.4, 0.5) is 5.69 Å². The van der Waals surface area contributed by atoms with Crippen molar-refractivity contribution in [2.24, 2.45) is 0 Å². The maximum Gasteiger partial charge on any atom is 0.186 e. The van der Waals surface area contributed by atoms with Crippen LogP contribution in [-0.2, 0) is 0 Å². The summed E-state index contributed by atoms with van der Waals surface area (Å²) in [5.74, 6) is -0.0264. The number of nitrogen functional groups attached to an aromatic ring is 1. The molecule has 3 N–H and O–H groups in total. The van der Waals surface area contributed by atoms with E-state index in [0.717, 1.165) is 27.7 Å². The van der Waals surface area contributed by atoms with E-state index >= 15 is 0 Å². The lowest BCUT2D eigenvalue weighted by Crippen LogP contribution is -1.99. The van der Waals surface area contributed by atoms with Gasteiger partial charge in [0.05, 0.1) is 11.2 Å². The van der Waals surface area contributed by atoms with Crippen molar-refractivity contribution in [2.75, 3.05) is 5.73 Å². The Morgan fingerprint density at radius 2 is 2.00 bits per heavy atom. The predicted octanol–water partition coefficient (Wildman–Crippen LogP) is 3.66. The van der Waals surface area contributed by atoms with Crippen LogP contribution in [0, 0.1) is 13.8 Å². The molecule has 3 rings (SSSR count). The van der Waals surface area contributed by atoms with Crippen LogP contribution in [0.3, 0.4) is 0 Å². The second-order valence-electron chi connectivity index (χ2n) is 5.39. The number of rotatable bonds is 3. The van der Waals surface area contributed by atoms with E-state index in [-0.39, 0.29) is 5.78 Å². The average molecular weight is 291 g/mol. The maximum atomic E-state index is 12.3. The van der Waals surface area contributed by atoms with Crippen molar-refractivity contribution < 1.29 is 4.79 Å². The summed E-state index contributed by atoms with van der Waals surface area (Å²) < 4.78 is 0. The van der Waals surface area contributed by atoms with Gasteiger partial charge in [-0.15, -0.1) is 0 Å². The molecule has 0 aliphatic rings. The molecule has 0 unspecified atom stereocenters. The van der Waals surface area contributed by atoms with Crippen molar-refractivity contribution in [2.45, 2.75) is 13.8 Å². The maximum absolute atomic E-state index is 12.3. The highest BCUT2D eigenvalue weighted by Crippen LogP contribution is 2.18. The largest absolute Gasteiger partial charge is 0.399 e. The lowest BCUT2D eigenvalue weighted by atomic mass is 10.0. The molecule has 4 nitrogen and oxygen atoms in total. The number of carbonyl (C=O) groups excluding carboxylic acids is 1. The number of hydrogen-bond donors (Lipinski definition) is 2. The molecule has 2 aromatic carbocycles. The third-order valence-corrected chi connectivity index (χ3v) is 3.72. The number of aromatic nitrogens is 2. The van der Waals surface area contributed by atoms with E-state index in [4.69, 9.17) is 5.73 Å². The van der Waals surface area contributed by atoms with Gasteiger partial charge in [-0.1, -0.05) is 12.1 Å². The Morgan fingerprint density at radius 3 is 2.77 bits per heavy atom. The molecule has 0 bridgehead atoms. The van der Waals surface area contributed by atoms with E-state index in [1.165, 1.54) is 0 Å². The van der Waals surface area contributed by atoms with Crippen molar-refractivity contribution in [1.82, 2.24) is 10.2 Å². The number of anilines is 1.